The Bertz CT molecular complexity index is 439. The lowest BCUT2D eigenvalue weighted by molar-refractivity contribution is 0.139. The average Bonchev–Trinajstić information content (AvgIpc) is 2.54. The van der Waals surface area contributed by atoms with Gasteiger partial charge in [0.1, 0.15) is 0 Å². The molecule has 1 fully saturated rings. The largest absolute Gasteiger partial charge is 0.335 e. The second kappa shape index (κ2) is 8.47. The van der Waals surface area contributed by atoms with Crippen LogP contribution in [-0.4, -0.2) is 55.1 Å². The molecule has 1 aromatic carbocycles. The molecule has 0 aromatic heterocycles. The maximum Gasteiger partial charge on any atom is 0.317 e. The van der Waals surface area contributed by atoms with Crippen LogP contribution in [0.2, 0.25) is 0 Å². The highest BCUT2D eigenvalue weighted by molar-refractivity contribution is 5.74. The minimum Gasteiger partial charge on any atom is -0.335 e. The molecule has 4 heteroatoms. The van der Waals surface area contributed by atoms with Crippen LogP contribution in [0.3, 0.4) is 0 Å². The molecule has 21 heavy (non-hydrogen) atoms. The van der Waals surface area contributed by atoms with E-state index in [2.05, 4.69) is 47.1 Å². The lowest BCUT2D eigenvalue weighted by atomic mass is 10.1. The van der Waals surface area contributed by atoms with Crippen LogP contribution in [0, 0.1) is 0 Å². The molecular formula is C17H25N3O. The van der Waals surface area contributed by atoms with Crippen molar-refractivity contribution in [2.45, 2.75) is 12.8 Å². The molecule has 2 amide bonds. The average molecular weight is 287 g/mol. The van der Waals surface area contributed by atoms with Gasteiger partial charge in [0.15, 0.2) is 0 Å². The van der Waals surface area contributed by atoms with Crippen LogP contribution in [0.25, 0.3) is 0 Å². The van der Waals surface area contributed by atoms with E-state index in [0.29, 0.717) is 6.54 Å². The number of hydrogen-bond donors (Lipinski definition) is 1. The van der Waals surface area contributed by atoms with Crippen molar-refractivity contribution < 1.29 is 4.79 Å². The molecule has 0 aliphatic carbocycles. The first-order valence-corrected chi connectivity index (χ1v) is 7.69. The molecule has 1 saturated heterocycles. The molecular weight excluding hydrogens is 262 g/mol. The first-order chi connectivity index (χ1) is 10.3. The zero-order chi connectivity index (χ0) is 14.9. The number of benzene rings is 1. The van der Waals surface area contributed by atoms with Crippen molar-refractivity contribution in [1.29, 1.82) is 0 Å². The third kappa shape index (κ3) is 5.23. The number of hydrogen-bond acceptors (Lipinski definition) is 2. The summed E-state index contributed by atoms with van der Waals surface area (Å²) in [4.78, 5) is 16.1. The fourth-order valence-electron chi connectivity index (χ4n) is 2.60. The van der Waals surface area contributed by atoms with Gasteiger partial charge in [-0.15, -0.1) is 6.58 Å². The maximum atomic E-state index is 11.8. The molecule has 1 aliphatic rings. The molecule has 1 heterocycles. The quantitative estimate of drug-likeness (QED) is 0.814. The van der Waals surface area contributed by atoms with E-state index < -0.39 is 0 Å². The van der Waals surface area contributed by atoms with E-state index in [1.54, 1.807) is 6.08 Å². The second-order valence-electron chi connectivity index (χ2n) is 5.39. The van der Waals surface area contributed by atoms with Crippen LogP contribution in [0.4, 0.5) is 4.79 Å². The van der Waals surface area contributed by atoms with Crippen LogP contribution in [-0.2, 0) is 6.42 Å². The summed E-state index contributed by atoms with van der Waals surface area (Å²) in [5.74, 6) is 0. The van der Waals surface area contributed by atoms with Gasteiger partial charge in [0.2, 0.25) is 0 Å². The standard InChI is InChI=1S/C17H25N3O/c1-2-10-18-17(21)20-14-12-19(13-15-20)11-6-9-16-7-4-3-5-8-16/h2-5,7-8H,1,6,9-15H2,(H,18,21). The van der Waals surface area contributed by atoms with Gasteiger partial charge in [-0.05, 0) is 24.9 Å². The van der Waals surface area contributed by atoms with Gasteiger partial charge in [0.05, 0.1) is 0 Å². The minimum atomic E-state index is 0.0267. The number of carbonyl (C=O) groups excluding carboxylic acids is 1. The highest BCUT2D eigenvalue weighted by Gasteiger charge is 2.19. The zero-order valence-corrected chi connectivity index (χ0v) is 12.6. The molecule has 1 aliphatic heterocycles. The normalized spacial score (nSPS) is 15.7. The van der Waals surface area contributed by atoms with E-state index in [4.69, 9.17) is 0 Å². The van der Waals surface area contributed by atoms with E-state index in [-0.39, 0.29) is 6.03 Å². The Morgan fingerprint density at radius 2 is 1.90 bits per heavy atom. The molecule has 1 N–H and O–H groups in total. The molecule has 0 radical (unpaired) electrons. The number of nitrogens with zero attached hydrogens (tertiary/aromatic N) is 2. The molecule has 4 nitrogen and oxygen atoms in total. The van der Waals surface area contributed by atoms with Crippen molar-refractivity contribution in [3.63, 3.8) is 0 Å². The van der Waals surface area contributed by atoms with Crippen LogP contribution >= 0.6 is 0 Å². The number of rotatable bonds is 6. The minimum absolute atomic E-state index is 0.0267. The van der Waals surface area contributed by atoms with Crippen molar-refractivity contribution in [3.05, 3.63) is 48.6 Å². The second-order valence-corrected chi connectivity index (χ2v) is 5.39. The summed E-state index contributed by atoms with van der Waals surface area (Å²) in [5.41, 5.74) is 1.40. The Labute approximate surface area is 127 Å². The van der Waals surface area contributed by atoms with Gasteiger partial charge in [0.25, 0.3) is 0 Å². The van der Waals surface area contributed by atoms with E-state index in [0.717, 1.165) is 39.1 Å². The van der Waals surface area contributed by atoms with Crippen LogP contribution in [0.5, 0.6) is 0 Å². The fraction of sp³-hybridized carbons (Fsp3) is 0.471. The van der Waals surface area contributed by atoms with Crippen LogP contribution in [0.1, 0.15) is 12.0 Å². The summed E-state index contributed by atoms with van der Waals surface area (Å²) in [6.07, 6.45) is 4.01. The summed E-state index contributed by atoms with van der Waals surface area (Å²) in [6, 6.07) is 10.6. The summed E-state index contributed by atoms with van der Waals surface area (Å²) in [5, 5.41) is 2.83. The van der Waals surface area contributed by atoms with Crippen LogP contribution in [0.15, 0.2) is 43.0 Å². The van der Waals surface area contributed by atoms with Gasteiger partial charge in [-0.25, -0.2) is 4.79 Å². The van der Waals surface area contributed by atoms with Gasteiger partial charge in [-0.1, -0.05) is 36.4 Å². The van der Waals surface area contributed by atoms with E-state index in [1.165, 1.54) is 12.0 Å². The van der Waals surface area contributed by atoms with Gasteiger partial charge in [-0.2, -0.15) is 0 Å². The van der Waals surface area contributed by atoms with E-state index in [1.807, 2.05) is 4.90 Å². The summed E-state index contributed by atoms with van der Waals surface area (Å²) in [6.45, 7) is 8.82. The van der Waals surface area contributed by atoms with Gasteiger partial charge < -0.3 is 10.2 Å². The third-order valence-corrected chi connectivity index (χ3v) is 3.84. The Morgan fingerprint density at radius 3 is 2.57 bits per heavy atom. The summed E-state index contributed by atoms with van der Waals surface area (Å²) in [7, 11) is 0. The monoisotopic (exact) mass is 287 g/mol. The molecule has 0 unspecified atom stereocenters. The molecule has 1 aromatic rings. The topological polar surface area (TPSA) is 35.6 Å². The highest BCUT2D eigenvalue weighted by Crippen LogP contribution is 2.06. The number of urea groups is 1. The van der Waals surface area contributed by atoms with E-state index >= 15 is 0 Å². The SMILES string of the molecule is C=CCNC(=O)N1CCN(CCCc2ccccc2)CC1. The molecule has 0 bridgehead atoms. The van der Waals surface area contributed by atoms with Crippen molar-refractivity contribution in [2.24, 2.45) is 0 Å². The van der Waals surface area contributed by atoms with Gasteiger partial charge in [0, 0.05) is 32.7 Å². The Balaban J connectivity index is 1.63. The van der Waals surface area contributed by atoms with Crippen LogP contribution < -0.4 is 5.32 Å². The molecule has 0 atom stereocenters. The fourth-order valence-corrected chi connectivity index (χ4v) is 2.60. The first-order valence-electron chi connectivity index (χ1n) is 7.69. The zero-order valence-electron chi connectivity index (χ0n) is 12.6. The lowest BCUT2D eigenvalue weighted by Crippen LogP contribution is -2.51. The lowest BCUT2D eigenvalue weighted by Gasteiger charge is -2.34. The number of amides is 2. The Kier molecular flexibility index (Phi) is 6.28. The third-order valence-electron chi connectivity index (χ3n) is 3.84. The Morgan fingerprint density at radius 1 is 1.19 bits per heavy atom. The number of carbonyl (C=O) groups is 1. The Hall–Kier alpha value is -1.81. The number of nitrogens with one attached hydrogen (secondary N) is 1. The predicted molar refractivity (Wildman–Crippen MR) is 86.4 cm³/mol. The number of piperazine rings is 1. The molecule has 0 spiro atoms. The first kappa shape index (κ1) is 15.6. The molecule has 114 valence electrons. The van der Waals surface area contributed by atoms with Crippen molar-refractivity contribution in [2.75, 3.05) is 39.3 Å². The summed E-state index contributed by atoms with van der Waals surface area (Å²) >= 11 is 0. The van der Waals surface area contributed by atoms with Crippen molar-refractivity contribution >= 4 is 6.03 Å². The summed E-state index contributed by atoms with van der Waals surface area (Å²) < 4.78 is 0. The van der Waals surface area contributed by atoms with Gasteiger partial charge >= 0.3 is 6.03 Å². The smallest absolute Gasteiger partial charge is 0.317 e. The maximum absolute atomic E-state index is 11.8. The van der Waals surface area contributed by atoms with Crippen molar-refractivity contribution in [3.8, 4) is 0 Å². The molecule has 2 rings (SSSR count). The molecule has 0 saturated carbocycles. The predicted octanol–water partition coefficient (Wildman–Crippen LogP) is 2.13. The number of aryl methyl sites for hydroxylation is 1. The highest BCUT2D eigenvalue weighted by atomic mass is 16.2. The van der Waals surface area contributed by atoms with E-state index in [9.17, 15) is 4.79 Å². The van der Waals surface area contributed by atoms with Gasteiger partial charge in [-0.3, -0.25) is 4.90 Å². The van der Waals surface area contributed by atoms with Crippen molar-refractivity contribution in [1.82, 2.24) is 15.1 Å².